The van der Waals surface area contributed by atoms with Crippen LogP contribution >= 0.6 is 27.3 Å². The van der Waals surface area contributed by atoms with Crippen molar-refractivity contribution in [2.45, 2.75) is 12.8 Å². The van der Waals surface area contributed by atoms with Crippen LogP contribution in [0.2, 0.25) is 0 Å². The molecule has 24 heavy (non-hydrogen) atoms. The van der Waals surface area contributed by atoms with Gasteiger partial charge in [0, 0.05) is 27.3 Å². The molecule has 2 atom stereocenters. The summed E-state index contributed by atoms with van der Waals surface area (Å²) in [6.07, 6.45) is 4.33. The fourth-order valence-electron chi connectivity index (χ4n) is 2.65. The number of hydrogen-bond acceptors (Lipinski definition) is 5. The van der Waals surface area contributed by atoms with Crippen molar-refractivity contribution in [1.29, 1.82) is 0 Å². The van der Waals surface area contributed by atoms with Gasteiger partial charge in [0.25, 0.3) is 0 Å². The maximum Gasteiger partial charge on any atom is 0.230 e. The Bertz CT molecular complexity index is 785. The number of allylic oxidation sites excluding steroid dienone is 2. The summed E-state index contributed by atoms with van der Waals surface area (Å²) < 4.78 is 0.980. The first-order valence-corrected chi connectivity index (χ1v) is 9.10. The van der Waals surface area contributed by atoms with Gasteiger partial charge >= 0.3 is 0 Å². The number of carbonyl (C=O) groups is 2. The van der Waals surface area contributed by atoms with Crippen LogP contribution in [0.3, 0.4) is 0 Å². The molecule has 5 nitrogen and oxygen atoms in total. The number of anilines is 1. The number of aliphatic carboxylic acids is 1. The van der Waals surface area contributed by atoms with Crippen molar-refractivity contribution >= 4 is 44.3 Å². The van der Waals surface area contributed by atoms with Gasteiger partial charge in [0.15, 0.2) is 5.13 Å². The molecular weight excluding hydrogens is 392 g/mol. The fraction of sp³-hybridized carbons (Fsp3) is 0.235. The molecular formula is C17H14BrN2O3S-. The molecule has 1 heterocycles. The summed E-state index contributed by atoms with van der Waals surface area (Å²) in [5.74, 6) is -2.93. The molecule has 1 aliphatic carbocycles. The molecule has 1 aliphatic rings. The Balaban J connectivity index is 1.72. The zero-order valence-corrected chi connectivity index (χ0v) is 15.0. The number of hydrogen-bond donors (Lipinski definition) is 1. The summed E-state index contributed by atoms with van der Waals surface area (Å²) in [6, 6.07) is 7.71. The second-order valence-corrected chi connectivity index (χ2v) is 7.28. The lowest BCUT2D eigenvalue weighted by Crippen LogP contribution is -2.41. The molecule has 0 unspecified atom stereocenters. The summed E-state index contributed by atoms with van der Waals surface area (Å²) in [4.78, 5) is 28.0. The van der Waals surface area contributed by atoms with E-state index in [1.165, 1.54) is 11.3 Å². The van der Waals surface area contributed by atoms with Gasteiger partial charge in [-0.25, -0.2) is 4.98 Å². The van der Waals surface area contributed by atoms with E-state index in [9.17, 15) is 14.7 Å². The minimum atomic E-state index is -1.19. The Morgan fingerprint density at radius 1 is 1.17 bits per heavy atom. The van der Waals surface area contributed by atoms with Gasteiger partial charge in [-0.2, -0.15) is 0 Å². The monoisotopic (exact) mass is 405 g/mol. The second kappa shape index (κ2) is 7.27. The van der Waals surface area contributed by atoms with E-state index in [1.807, 2.05) is 35.7 Å². The molecule has 3 rings (SSSR count). The highest BCUT2D eigenvalue weighted by Gasteiger charge is 2.30. The molecule has 1 N–H and O–H groups in total. The Morgan fingerprint density at radius 3 is 2.50 bits per heavy atom. The van der Waals surface area contributed by atoms with Gasteiger partial charge in [-0.05, 0) is 25.0 Å². The summed E-state index contributed by atoms with van der Waals surface area (Å²) >= 11 is 4.70. The average molecular weight is 406 g/mol. The Hall–Kier alpha value is -1.99. The number of aromatic nitrogens is 1. The zero-order chi connectivity index (χ0) is 17.1. The van der Waals surface area contributed by atoms with Crippen molar-refractivity contribution in [3.05, 3.63) is 46.3 Å². The smallest absolute Gasteiger partial charge is 0.230 e. The summed E-state index contributed by atoms with van der Waals surface area (Å²) in [7, 11) is 0. The maximum absolute atomic E-state index is 12.4. The van der Waals surface area contributed by atoms with Crippen molar-refractivity contribution in [1.82, 2.24) is 4.98 Å². The number of thiazole rings is 1. The average Bonchev–Trinajstić information content (AvgIpc) is 3.04. The number of rotatable bonds is 4. The van der Waals surface area contributed by atoms with Crippen molar-refractivity contribution in [3.8, 4) is 11.3 Å². The first-order valence-electron chi connectivity index (χ1n) is 7.43. The van der Waals surface area contributed by atoms with Crippen LogP contribution in [0.1, 0.15) is 12.8 Å². The van der Waals surface area contributed by atoms with Gasteiger partial charge in [0.1, 0.15) is 0 Å². The number of nitrogens with zero attached hydrogens (tertiary/aromatic N) is 1. The van der Waals surface area contributed by atoms with Gasteiger partial charge in [0.05, 0.1) is 11.6 Å². The number of amides is 1. The van der Waals surface area contributed by atoms with Crippen molar-refractivity contribution in [2.24, 2.45) is 11.8 Å². The molecule has 0 saturated carbocycles. The minimum absolute atomic E-state index is 0.322. The highest BCUT2D eigenvalue weighted by atomic mass is 79.9. The van der Waals surface area contributed by atoms with Gasteiger partial charge < -0.3 is 15.2 Å². The molecule has 0 fully saturated rings. The molecule has 0 radical (unpaired) electrons. The number of nitrogens with one attached hydrogen (secondary N) is 1. The van der Waals surface area contributed by atoms with Crippen LogP contribution in [-0.2, 0) is 9.59 Å². The van der Waals surface area contributed by atoms with Crippen LogP contribution in [0.5, 0.6) is 0 Å². The molecule has 1 aromatic carbocycles. The van der Waals surface area contributed by atoms with Gasteiger partial charge in [-0.1, -0.05) is 40.2 Å². The lowest BCUT2D eigenvalue weighted by atomic mass is 9.82. The predicted octanol–water partition coefficient (Wildman–Crippen LogP) is 2.84. The molecule has 0 bridgehead atoms. The molecule has 2 aromatic rings. The van der Waals surface area contributed by atoms with Crippen LogP contribution in [0.4, 0.5) is 5.13 Å². The minimum Gasteiger partial charge on any atom is -0.550 e. The molecule has 1 aromatic heterocycles. The van der Waals surface area contributed by atoms with Crippen LogP contribution in [0, 0.1) is 11.8 Å². The first-order chi connectivity index (χ1) is 11.5. The summed E-state index contributed by atoms with van der Waals surface area (Å²) in [6.45, 7) is 0. The predicted molar refractivity (Wildman–Crippen MR) is 94.2 cm³/mol. The number of carbonyl (C=O) groups excluding carboxylic acids is 2. The summed E-state index contributed by atoms with van der Waals surface area (Å²) in [5.41, 5.74) is 1.71. The molecule has 124 valence electrons. The third-order valence-electron chi connectivity index (χ3n) is 3.95. The van der Waals surface area contributed by atoms with E-state index in [0.717, 1.165) is 15.7 Å². The highest BCUT2D eigenvalue weighted by Crippen LogP contribution is 2.29. The number of benzene rings is 1. The van der Waals surface area contributed by atoms with Crippen LogP contribution in [-0.4, -0.2) is 16.9 Å². The first kappa shape index (κ1) is 16.9. The highest BCUT2D eigenvalue weighted by molar-refractivity contribution is 9.10. The third-order valence-corrected chi connectivity index (χ3v) is 5.23. The van der Waals surface area contributed by atoms with E-state index in [1.54, 1.807) is 6.08 Å². The van der Waals surface area contributed by atoms with Gasteiger partial charge in [0.2, 0.25) is 5.91 Å². The van der Waals surface area contributed by atoms with Gasteiger partial charge in [-0.15, -0.1) is 11.3 Å². The zero-order valence-electron chi connectivity index (χ0n) is 12.6. The van der Waals surface area contributed by atoms with Crippen LogP contribution in [0.25, 0.3) is 11.3 Å². The van der Waals surface area contributed by atoms with Crippen molar-refractivity contribution in [2.75, 3.05) is 5.32 Å². The van der Waals surface area contributed by atoms with E-state index in [0.29, 0.717) is 18.0 Å². The Kier molecular flexibility index (Phi) is 5.11. The second-order valence-electron chi connectivity index (χ2n) is 5.51. The number of carboxylic acids is 1. The van der Waals surface area contributed by atoms with E-state index < -0.39 is 17.8 Å². The van der Waals surface area contributed by atoms with E-state index in [-0.39, 0.29) is 5.91 Å². The van der Waals surface area contributed by atoms with Gasteiger partial charge in [-0.3, -0.25) is 4.79 Å². The Morgan fingerprint density at radius 2 is 1.83 bits per heavy atom. The lowest BCUT2D eigenvalue weighted by molar-refractivity contribution is -0.313. The molecule has 1 amide bonds. The normalized spacial score (nSPS) is 19.9. The molecule has 7 heteroatoms. The van der Waals surface area contributed by atoms with Crippen molar-refractivity contribution < 1.29 is 14.7 Å². The lowest BCUT2D eigenvalue weighted by Gasteiger charge is -2.27. The number of halogens is 1. The largest absolute Gasteiger partial charge is 0.550 e. The standard InChI is InChI=1S/C17H15BrN2O3S/c18-11-7-5-10(6-8-11)14-9-24-17(19-14)20-15(21)12-3-1-2-4-13(12)16(22)23/h1-2,5-9,12-13H,3-4H2,(H,22,23)(H,19,20,21)/p-1/t12-,13+/m0/s1. The summed E-state index contributed by atoms with van der Waals surface area (Å²) in [5, 5.41) is 16.2. The topological polar surface area (TPSA) is 82.1 Å². The van der Waals surface area contributed by atoms with Crippen LogP contribution < -0.4 is 10.4 Å². The Labute approximate surface area is 151 Å². The fourth-order valence-corrected chi connectivity index (χ4v) is 3.63. The SMILES string of the molecule is O=C(Nc1nc(-c2ccc(Br)cc2)cs1)[C@H]1CC=CC[C@H]1C(=O)[O-]. The van der Waals surface area contributed by atoms with Crippen molar-refractivity contribution in [3.63, 3.8) is 0 Å². The van der Waals surface area contributed by atoms with E-state index >= 15 is 0 Å². The van der Waals surface area contributed by atoms with E-state index in [4.69, 9.17) is 0 Å². The van der Waals surface area contributed by atoms with E-state index in [2.05, 4.69) is 26.2 Å². The molecule has 0 saturated heterocycles. The molecule has 0 aliphatic heterocycles. The quantitative estimate of drug-likeness (QED) is 0.792. The van der Waals surface area contributed by atoms with Crippen LogP contribution in [0.15, 0.2) is 46.3 Å². The number of carboxylic acid groups (broad SMARTS) is 1. The molecule has 0 spiro atoms. The maximum atomic E-state index is 12.4. The third kappa shape index (κ3) is 3.73.